The number of carbonyl (C=O) groups excluding carboxylic acids is 2. The fourth-order valence-corrected chi connectivity index (χ4v) is 3.02. The summed E-state index contributed by atoms with van der Waals surface area (Å²) in [6.45, 7) is 3.47. The van der Waals surface area contributed by atoms with E-state index in [2.05, 4.69) is 0 Å². The van der Waals surface area contributed by atoms with Gasteiger partial charge >= 0.3 is 5.97 Å². The summed E-state index contributed by atoms with van der Waals surface area (Å²) < 4.78 is 5.20. The quantitative estimate of drug-likeness (QED) is 0.542. The molecule has 2 aromatic carbocycles. The molecule has 25 heavy (non-hydrogen) atoms. The van der Waals surface area contributed by atoms with Gasteiger partial charge in [0.2, 0.25) is 0 Å². The predicted octanol–water partition coefficient (Wildman–Crippen LogP) is 4.66. The summed E-state index contributed by atoms with van der Waals surface area (Å²) in [7, 11) is 0. The number of hydrogen-bond acceptors (Lipinski definition) is 4. The molecule has 0 radical (unpaired) electrons. The SMILES string of the molecule is CSc1ccc(Cl)c(C(=O)OCC(=O)N(c2ccccc2)C(C)C)c1. The molecule has 2 aromatic rings. The first-order valence-corrected chi connectivity index (χ1v) is 9.42. The van der Waals surface area contributed by atoms with Gasteiger partial charge in [0, 0.05) is 16.6 Å². The lowest BCUT2D eigenvalue weighted by molar-refractivity contribution is -0.122. The summed E-state index contributed by atoms with van der Waals surface area (Å²) in [6, 6.07) is 14.4. The van der Waals surface area contributed by atoms with Crippen LogP contribution < -0.4 is 4.90 Å². The van der Waals surface area contributed by atoms with Gasteiger partial charge in [-0.2, -0.15) is 0 Å². The van der Waals surface area contributed by atoms with Crippen molar-refractivity contribution in [1.82, 2.24) is 0 Å². The van der Waals surface area contributed by atoms with E-state index in [9.17, 15) is 9.59 Å². The van der Waals surface area contributed by atoms with Crippen molar-refractivity contribution in [3.05, 3.63) is 59.1 Å². The van der Waals surface area contributed by atoms with Gasteiger partial charge in [0.05, 0.1) is 10.6 Å². The summed E-state index contributed by atoms with van der Waals surface area (Å²) in [4.78, 5) is 27.3. The second kappa shape index (κ2) is 8.92. The van der Waals surface area contributed by atoms with Gasteiger partial charge in [-0.25, -0.2) is 4.79 Å². The molecule has 0 heterocycles. The molecule has 132 valence electrons. The van der Waals surface area contributed by atoms with Crippen LogP contribution in [0.1, 0.15) is 24.2 Å². The Morgan fingerprint density at radius 2 is 1.84 bits per heavy atom. The van der Waals surface area contributed by atoms with Crippen LogP contribution in [0.3, 0.4) is 0 Å². The van der Waals surface area contributed by atoms with Gasteiger partial charge in [-0.05, 0) is 50.4 Å². The summed E-state index contributed by atoms with van der Waals surface area (Å²) in [5.41, 5.74) is 1.03. The van der Waals surface area contributed by atoms with Crippen LogP contribution in [-0.4, -0.2) is 30.8 Å². The van der Waals surface area contributed by atoms with Gasteiger partial charge in [-0.15, -0.1) is 11.8 Å². The molecule has 1 amide bonds. The second-order valence-electron chi connectivity index (χ2n) is 5.61. The Bertz CT molecular complexity index is 750. The minimum Gasteiger partial charge on any atom is -0.452 e. The van der Waals surface area contributed by atoms with Crippen molar-refractivity contribution in [3.8, 4) is 0 Å². The van der Waals surface area contributed by atoms with Gasteiger partial charge in [0.25, 0.3) is 5.91 Å². The van der Waals surface area contributed by atoms with E-state index < -0.39 is 5.97 Å². The standard InChI is InChI=1S/C19H20ClNO3S/c1-13(2)21(14-7-5-4-6-8-14)18(22)12-24-19(23)16-11-15(25-3)9-10-17(16)20/h4-11,13H,12H2,1-3H3. The molecule has 0 aliphatic carbocycles. The Labute approximate surface area is 157 Å². The van der Waals surface area contributed by atoms with Crippen molar-refractivity contribution in [3.63, 3.8) is 0 Å². The Morgan fingerprint density at radius 3 is 2.44 bits per heavy atom. The van der Waals surface area contributed by atoms with Crippen molar-refractivity contribution in [2.24, 2.45) is 0 Å². The highest BCUT2D eigenvalue weighted by Crippen LogP contribution is 2.24. The zero-order valence-electron chi connectivity index (χ0n) is 14.4. The van der Waals surface area contributed by atoms with Crippen molar-refractivity contribution in [2.75, 3.05) is 17.8 Å². The summed E-state index contributed by atoms with van der Waals surface area (Å²) >= 11 is 7.56. The molecule has 0 aromatic heterocycles. The van der Waals surface area contributed by atoms with Crippen LogP contribution in [0.4, 0.5) is 5.69 Å². The number of anilines is 1. The lowest BCUT2D eigenvalue weighted by atomic mass is 10.2. The molecule has 0 aliphatic rings. The first-order chi connectivity index (χ1) is 11.9. The highest BCUT2D eigenvalue weighted by atomic mass is 35.5. The van der Waals surface area contributed by atoms with Crippen molar-refractivity contribution in [2.45, 2.75) is 24.8 Å². The van der Waals surface area contributed by atoms with E-state index in [1.165, 1.54) is 11.8 Å². The molecule has 4 nitrogen and oxygen atoms in total. The predicted molar refractivity (Wildman–Crippen MR) is 103 cm³/mol. The smallest absolute Gasteiger partial charge is 0.340 e. The van der Waals surface area contributed by atoms with E-state index in [1.807, 2.05) is 56.5 Å². The fraction of sp³-hybridized carbons (Fsp3) is 0.263. The Kier molecular flexibility index (Phi) is 6.91. The summed E-state index contributed by atoms with van der Waals surface area (Å²) in [6.07, 6.45) is 1.91. The summed E-state index contributed by atoms with van der Waals surface area (Å²) in [5.74, 6) is -0.891. The first kappa shape index (κ1) is 19.3. The Morgan fingerprint density at radius 1 is 1.16 bits per heavy atom. The topological polar surface area (TPSA) is 46.6 Å². The van der Waals surface area contributed by atoms with E-state index in [0.717, 1.165) is 10.6 Å². The third-order valence-corrected chi connectivity index (χ3v) is 4.59. The maximum Gasteiger partial charge on any atom is 0.340 e. The van der Waals surface area contributed by atoms with E-state index in [4.69, 9.17) is 16.3 Å². The van der Waals surface area contributed by atoms with Crippen molar-refractivity contribution >= 4 is 40.9 Å². The molecular weight excluding hydrogens is 358 g/mol. The zero-order valence-corrected chi connectivity index (χ0v) is 15.9. The third kappa shape index (κ3) is 5.00. The highest BCUT2D eigenvalue weighted by Gasteiger charge is 2.21. The maximum absolute atomic E-state index is 12.5. The van der Waals surface area contributed by atoms with Gasteiger partial charge < -0.3 is 9.64 Å². The van der Waals surface area contributed by atoms with Gasteiger partial charge in [0.15, 0.2) is 6.61 Å². The Balaban J connectivity index is 2.09. The monoisotopic (exact) mass is 377 g/mol. The van der Waals surface area contributed by atoms with Crippen molar-refractivity contribution < 1.29 is 14.3 Å². The van der Waals surface area contributed by atoms with E-state index in [0.29, 0.717) is 5.02 Å². The third-order valence-electron chi connectivity index (χ3n) is 3.54. The molecule has 0 spiro atoms. The second-order valence-corrected chi connectivity index (χ2v) is 6.90. The van der Waals surface area contributed by atoms with Crippen LogP contribution in [0.2, 0.25) is 5.02 Å². The number of thioether (sulfide) groups is 1. The van der Waals surface area contributed by atoms with Gasteiger partial charge in [-0.1, -0.05) is 29.8 Å². The number of nitrogens with zero attached hydrogens (tertiary/aromatic N) is 1. The van der Waals surface area contributed by atoms with Crippen LogP contribution >= 0.6 is 23.4 Å². The number of benzene rings is 2. The van der Waals surface area contributed by atoms with Crippen LogP contribution in [0.5, 0.6) is 0 Å². The number of esters is 1. The zero-order chi connectivity index (χ0) is 18.4. The molecule has 0 unspecified atom stereocenters. The minimum absolute atomic E-state index is 0.0583. The van der Waals surface area contributed by atoms with Crippen molar-refractivity contribution in [1.29, 1.82) is 0 Å². The average molecular weight is 378 g/mol. The fourth-order valence-electron chi connectivity index (χ4n) is 2.38. The van der Waals surface area contributed by atoms with Gasteiger partial charge in [-0.3, -0.25) is 4.79 Å². The van der Waals surface area contributed by atoms with Crippen LogP contribution in [0.25, 0.3) is 0 Å². The van der Waals surface area contributed by atoms with E-state index in [-0.39, 0.29) is 24.1 Å². The van der Waals surface area contributed by atoms with Gasteiger partial charge in [0.1, 0.15) is 0 Å². The van der Waals surface area contributed by atoms with E-state index >= 15 is 0 Å². The molecule has 0 atom stereocenters. The molecule has 0 saturated carbocycles. The molecule has 2 rings (SSSR count). The number of amides is 1. The molecule has 0 fully saturated rings. The molecule has 0 saturated heterocycles. The number of carbonyl (C=O) groups is 2. The van der Waals surface area contributed by atoms with Crippen LogP contribution in [0.15, 0.2) is 53.4 Å². The van der Waals surface area contributed by atoms with E-state index in [1.54, 1.807) is 17.0 Å². The maximum atomic E-state index is 12.5. The Hall–Kier alpha value is -1.98. The molecule has 6 heteroatoms. The lowest BCUT2D eigenvalue weighted by Crippen LogP contribution is -2.39. The molecule has 0 aliphatic heterocycles. The first-order valence-electron chi connectivity index (χ1n) is 7.81. The molecular formula is C19H20ClNO3S. The van der Waals surface area contributed by atoms with Crippen LogP contribution in [0, 0.1) is 0 Å². The highest BCUT2D eigenvalue weighted by molar-refractivity contribution is 7.98. The number of halogens is 1. The number of ether oxygens (including phenoxy) is 1. The normalized spacial score (nSPS) is 10.6. The largest absolute Gasteiger partial charge is 0.452 e. The summed E-state index contributed by atoms with van der Waals surface area (Å²) in [5, 5.41) is 0.305. The number of rotatable bonds is 6. The lowest BCUT2D eigenvalue weighted by Gasteiger charge is -2.26. The molecule has 0 bridgehead atoms. The number of para-hydroxylation sites is 1. The minimum atomic E-state index is -0.606. The number of hydrogen-bond donors (Lipinski definition) is 0. The van der Waals surface area contributed by atoms with Crippen LogP contribution in [-0.2, 0) is 9.53 Å². The molecule has 0 N–H and O–H groups in total. The average Bonchev–Trinajstić information content (AvgIpc) is 2.61.